The maximum Gasteiger partial charge on any atom is 0 e. The maximum absolute atomic E-state index is 0. The molecule has 44 heavy (non-hydrogen) atoms. The summed E-state index contributed by atoms with van der Waals surface area (Å²) >= 11 is 0. The molecule has 0 aliphatic rings. The molecule has 0 rings (SSSR count). The molecule has 0 aliphatic heterocycles. The van der Waals surface area contributed by atoms with E-state index in [0.29, 0.717) is 0 Å². The van der Waals surface area contributed by atoms with Crippen LogP contribution >= 0.6 is 0 Å². The van der Waals surface area contributed by atoms with Gasteiger partial charge in [-0.15, -0.1) is 0 Å². The van der Waals surface area contributed by atoms with Gasteiger partial charge in [-0.05, 0) is 0 Å². The minimum Gasteiger partial charge on any atom is 0 e. The zero-order valence-electron chi connectivity index (χ0n) is 25.4. The van der Waals surface area contributed by atoms with Crippen molar-refractivity contribution in [1.29, 1.82) is 0 Å². The summed E-state index contributed by atoms with van der Waals surface area (Å²) in [7, 11) is 0. The molecule has 0 nitrogen and oxygen atoms in total. The van der Waals surface area contributed by atoms with Gasteiger partial charge in [0.15, 0.2) is 0 Å². The van der Waals surface area contributed by atoms with Crippen LogP contribution in [0.5, 0.6) is 0 Å². The summed E-state index contributed by atoms with van der Waals surface area (Å²) in [6, 6.07) is 0. The van der Waals surface area contributed by atoms with Gasteiger partial charge in [0.2, 0.25) is 0 Å². The number of rotatable bonds is 0. The third-order valence-corrected chi connectivity index (χ3v) is 0. The summed E-state index contributed by atoms with van der Waals surface area (Å²) < 4.78 is 0. The van der Waals surface area contributed by atoms with Crippen molar-refractivity contribution in [3.63, 3.8) is 0 Å². The van der Waals surface area contributed by atoms with E-state index >= 15 is 0 Å². The molecule has 0 aromatic carbocycles. The molecule has 0 bridgehead atoms. The predicted octanol–water partition coefficient (Wildman–Crippen LogP) is -0.110. The Morgan fingerprint density at radius 2 is 0.0227 bits per heavy atom. The van der Waals surface area contributed by atoms with Gasteiger partial charge in [-0.2, -0.15) is 0 Å². The summed E-state index contributed by atoms with van der Waals surface area (Å²) in [6.45, 7) is 0. The van der Waals surface area contributed by atoms with E-state index in [1.54, 1.807) is 0 Å². The molecule has 0 atom stereocenters. The largest absolute Gasteiger partial charge is 0 e. The molecule has 0 unspecified atom stereocenters. The molecule has 44 radical (unpaired) electrons. The first kappa shape index (κ1) is 329. The monoisotopic (exact) mass is 3910 g/mol. The van der Waals surface area contributed by atoms with E-state index in [1.165, 1.54) is 0 Å². The van der Waals surface area contributed by atoms with Crippen LogP contribution in [-0.2, 0) is 1440 Å². The number of hydrogen-bond acceptors (Lipinski definition) is 0. The topological polar surface area (TPSA) is 0 Å². The van der Waals surface area contributed by atoms with Crippen LogP contribution in [-0.4, -0.2) is 0 Å². The van der Waals surface area contributed by atoms with E-state index in [9.17, 15) is 0 Å². The quantitative estimate of drug-likeness (QED) is 0.319. The Bertz CT molecular complexity index is 0. The van der Waals surface area contributed by atoms with E-state index in [2.05, 4.69) is 0 Å². The minimum absolute atomic E-state index is 0. The van der Waals surface area contributed by atoms with Crippen LogP contribution in [0.2, 0.25) is 0 Å². The summed E-state index contributed by atoms with van der Waals surface area (Å²) in [5.74, 6) is 0. The second-order valence-electron chi connectivity index (χ2n) is 0. The first-order chi connectivity index (χ1) is 0. The molecular formula is Y44. The van der Waals surface area contributed by atoms with Gasteiger partial charge in [-0.1, -0.05) is 0 Å². The molecule has 0 aromatic rings. The van der Waals surface area contributed by atoms with Crippen LogP contribution in [0.3, 0.4) is 0 Å². The second kappa shape index (κ2) is 318. The van der Waals surface area contributed by atoms with Gasteiger partial charge < -0.3 is 0 Å². The summed E-state index contributed by atoms with van der Waals surface area (Å²) in [5, 5.41) is 0. The molecule has 0 amide bonds. The van der Waals surface area contributed by atoms with Gasteiger partial charge in [0, 0.05) is 1440 Å². The average molecular weight is 3910 g/mol. The molecule has 0 saturated carbocycles. The van der Waals surface area contributed by atoms with Gasteiger partial charge >= 0.3 is 0 Å². The average Bonchev–Trinajstić information content (AvgIpc) is 0. The second-order valence-corrected chi connectivity index (χ2v) is 0. The van der Waals surface area contributed by atoms with Crippen molar-refractivity contribution in [2.24, 2.45) is 0 Å². The first-order valence-corrected chi connectivity index (χ1v) is 0. The molecule has 0 fully saturated rings. The third-order valence-electron chi connectivity index (χ3n) is 0. The van der Waals surface area contributed by atoms with Crippen LogP contribution in [0.1, 0.15) is 0 Å². The summed E-state index contributed by atoms with van der Waals surface area (Å²) in [5.41, 5.74) is 0. The zero-order valence-corrected chi connectivity index (χ0v) is 150. The minimum atomic E-state index is 0. The number of hydrogen-bond donors (Lipinski definition) is 0. The van der Waals surface area contributed by atoms with Gasteiger partial charge in [0.05, 0.1) is 0 Å². The predicted molar refractivity (Wildman–Crippen MR) is 0 cm³/mol. The molecular weight excluding hydrogens is 3910 g/mol. The van der Waals surface area contributed by atoms with Crippen molar-refractivity contribution in [3.05, 3.63) is 0 Å². The third kappa shape index (κ3) is 308. The van der Waals surface area contributed by atoms with Crippen LogP contribution < -0.4 is 0 Å². The Balaban J connectivity index is 0. The van der Waals surface area contributed by atoms with E-state index in [-0.39, 0.29) is 1440 Å². The SMILES string of the molecule is [Y].[Y].[Y].[Y].[Y].[Y].[Y].[Y].[Y].[Y].[Y].[Y].[Y].[Y].[Y].[Y].[Y].[Y].[Y].[Y].[Y].[Y].[Y].[Y].[Y].[Y].[Y].[Y].[Y].[Y].[Y].[Y].[Y].[Y].[Y].[Y].[Y].[Y].[Y].[Y].[Y].[Y].[Y].[Y]. The Morgan fingerprint density at radius 1 is 0.0227 bits per heavy atom. The van der Waals surface area contributed by atoms with E-state index in [1.807, 2.05) is 0 Å². The molecule has 0 N–H and O–H groups in total. The molecule has 0 aromatic heterocycles. The Kier molecular flexibility index (Phi) is 2380. The zero-order chi connectivity index (χ0) is 0. The van der Waals surface area contributed by atoms with E-state index in [0.717, 1.165) is 0 Å². The van der Waals surface area contributed by atoms with Gasteiger partial charge in [0.25, 0.3) is 0 Å². The molecule has 0 saturated heterocycles. The van der Waals surface area contributed by atoms with Gasteiger partial charge in [0.1, 0.15) is 0 Å². The fourth-order valence-corrected chi connectivity index (χ4v) is 0. The normalized spacial score (nSPS) is 0. The fraction of sp³-hybridized carbons (Fsp3) is 0. The summed E-state index contributed by atoms with van der Waals surface area (Å²) in [6.07, 6.45) is 0. The Labute approximate surface area is 1380 Å². The molecule has 0 spiro atoms. The maximum atomic E-state index is 0. The van der Waals surface area contributed by atoms with Crippen LogP contribution in [0, 0.1) is 0 Å². The van der Waals surface area contributed by atoms with Crippen LogP contribution in [0.15, 0.2) is 0 Å². The smallest absolute Gasteiger partial charge is 0 e. The Hall–Kier alpha value is 48.6. The first-order valence-electron chi connectivity index (χ1n) is 0. The molecule has 0 aliphatic carbocycles. The molecule has 132 valence electrons. The van der Waals surface area contributed by atoms with Crippen molar-refractivity contribution in [2.45, 2.75) is 0 Å². The standard InChI is InChI=1S/44Y. The molecule has 0 heterocycles. The molecule has 44 heteroatoms. The Morgan fingerprint density at radius 3 is 0.0227 bits per heavy atom. The van der Waals surface area contributed by atoms with Crippen molar-refractivity contribution in [3.8, 4) is 0 Å². The van der Waals surface area contributed by atoms with Crippen molar-refractivity contribution in [2.75, 3.05) is 0 Å². The van der Waals surface area contributed by atoms with Crippen molar-refractivity contribution in [1.82, 2.24) is 0 Å². The van der Waals surface area contributed by atoms with E-state index < -0.39 is 0 Å². The van der Waals surface area contributed by atoms with Crippen molar-refractivity contribution >= 4 is 0 Å². The fourth-order valence-electron chi connectivity index (χ4n) is 0. The van der Waals surface area contributed by atoms with E-state index in [4.69, 9.17) is 0 Å². The summed E-state index contributed by atoms with van der Waals surface area (Å²) in [4.78, 5) is 0. The van der Waals surface area contributed by atoms with Crippen LogP contribution in [0.4, 0.5) is 0 Å². The van der Waals surface area contributed by atoms with Gasteiger partial charge in [-0.3, -0.25) is 0 Å². The van der Waals surface area contributed by atoms with Crippen LogP contribution in [0.25, 0.3) is 0 Å². The van der Waals surface area contributed by atoms with Gasteiger partial charge in [-0.25, -0.2) is 0 Å². The van der Waals surface area contributed by atoms with Crippen molar-refractivity contribution < 1.29 is 1440 Å².